The van der Waals surface area contributed by atoms with Gasteiger partial charge >= 0.3 is 0 Å². The number of phenols is 2. The molecule has 0 bridgehead atoms. The first-order valence-electron chi connectivity index (χ1n) is 12.8. The second-order valence-electron chi connectivity index (χ2n) is 10.4. The van der Waals surface area contributed by atoms with Gasteiger partial charge in [0.25, 0.3) is 0 Å². The summed E-state index contributed by atoms with van der Waals surface area (Å²) in [6.45, 7) is 2.72. The Kier molecular flexibility index (Phi) is 8.24. The van der Waals surface area contributed by atoms with E-state index in [1.807, 2.05) is 0 Å². The molecule has 1 fully saturated rings. The average molecular weight is 594 g/mol. The molecular formula is C28H32ClNO11. The summed E-state index contributed by atoms with van der Waals surface area (Å²) in [5.41, 5.74) is 2.26. The van der Waals surface area contributed by atoms with Crippen LogP contribution in [0.4, 0.5) is 0 Å². The number of carbonyl (C=O) groups excluding carboxylic acids is 3. The minimum absolute atomic E-state index is 0. The predicted octanol–water partition coefficient (Wildman–Crippen LogP) is 1.60. The van der Waals surface area contributed by atoms with E-state index in [0.29, 0.717) is 0 Å². The maximum Gasteiger partial charge on any atom is 0.202 e. The predicted molar refractivity (Wildman–Crippen MR) is 144 cm³/mol. The smallest absolute Gasteiger partial charge is 0.202 e. The lowest BCUT2D eigenvalue weighted by Crippen LogP contribution is -2.53. The highest BCUT2D eigenvalue weighted by atomic mass is 35.5. The number of halogens is 1. The highest BCUT2D eigenvalue weighted by Crippen LogP contribution is 2.56. The van der Waals surface area contributed by atoms with E-state index in [1.165, 1.54) is 32.4 Å². The van der Waals surface area contributed by atoms with E-state index in [0.717, 1.165) is 6.92 Å². The molecule has 0 amide bonds. The number of methoxy groups -OCH3 is 2. The summed E-state index contributed by atoms with van der Waals surface area (Å²) in [5, 5.41) is 44.9. The molecule has 0 saturated carbocycles. The van der Waals surface area contributed by atoms with Gasteiger partial charge in [-0.2, -0.15) is 0 Å². The van der Waals surface area contributed by atoms with Crippen LogP contribution in [0.2, 0.25) is 0 Å². The zero-order chi connectivity index (χ0) is 29.3. The Bertz CT molecular complexity index is 1420. The van der Waals surface area contributed by atoms with Crippen molar-refractivity contribution in [3.63, 3.8) is 0 Å². The van der Waals surface area contributed by atoms with Gasteiger partial charge in [0.2, 0.25) is 5.78 Å². The molecule has 0 spiro atoms. The molecule has 13 heteroatoms. The number of aliphatic hydroxyl groups excluding tert-OH is 1. The molecule has 1 aliphatic heterocycles. The fourth-order valence-electron chi connectivity index (χ4n) is 6.02. The molecule has 41 heavy (non-hydrogen) atoms. The van der Waals surface area contributed by atoms with Crippen LogP contribution in [-0.2, 0) is 19.0 Å². The maximum absolute atomic E-state index is 13.7. The Hall–Kier alpha value is -3.10. The molecule has 7 atom stereocenters. The summed E-state index contributed by atoms with van der Waals surface area (Å²) < 4.78 is 22.6. The molecule has 1 heterocycles. The van der Waals surface area contributed by atoms with Gasteiger partial charge in [-0.1, -0.05) is 12.1 Å². The topological polar surface area (TPSA) is 195 Å². The molecule has 0 aromatic heterocycles. The van der Waals surface area contributed by atoms with Crippen LogP contribution in [0.1, 0.15) is 81.9 Å². The molecule has 6 N–H and O–H groups in total. The number of phenolic OH excluding ortho intramolecular Hbond substituents is 2. The van der Waals surface area contributed by atoms with Gasteiger partial charge in [-0.05, 0) is 19.9 Å². The molecule has 5 rings (SSSR count). The van der Waals surface area contributed by atoms with Crippen molar-refractivity contribution in [1.29, 1.82) is 0 Å². The zero-order valence-corrected chi connectivity index (χ0v) is 23.6. The van der Waals surface area contributed by atoms with Crippen molar-refractivity contribution in [2.45, 2.75) is 69.0 Å². The van der Waals surface area contributed by atoms with E-state index in [9.17, 15) is 34.8 Å². The van der Waals surface area contributed by atoms with Crippen molar-refractivity contribution in [2.24, 2.45) is 5.73 Å². The minimum atomic E-state index is -2.25. The van der Waals surface area contributed by atoms with Crippen LogP contribution in [0.3, 0.4) is 0 Å². The van der Waals surface area contributed by atoms with Crippen molar-refractivity contribution < 1.29 is 53.8 Å². The van der Waals surface area contributed by atoms with E-state index in [4.69, 9.17) is 24.7 Å². The van der Waals surface area contributed by atoms with Crippen LogP contribution in [0.25, 0.3) is 0 Å². The normalized spacial score (nSPS) is 30.5. The van der Waals surface area contributed by atoms with E-state index < -0.39 is 88.7 Å². The number of rotatable bonds is 5. The second kappa shape index (κ2) is 11.0. The number of hydrogen-bond acceptors (Lipinski definition) is 12. The summed E-state index contributed by atoms with van der Waals surface area (Å²) in [4.78, 5) is 40.2. The fourth-order valence-corrected chi connectivity index (χ4v) is 6.02. The summed E-state index contributed by atoms with van der Waals surface area (Å²) in [7, 11) is 2.52. The van der Waals surface area contributed by atoms with Crippen LogP contribution >= 0.6 is 12.4 Å². The first-order valence-corrected chi connectivity index (χ1v) is 12.8. The molecule has 12 nitrogen and oxygen atoms in total. The van der Waals surface area contributed by atoms with Gasteiger partial charge in [0.1, 0.15) is 23.4 Å². The molecule has 222 valence electrons. The lowest BCUT2D eigenvalue weighted by Gasteiger charge is -2.45. The van der Waals surface area contributed by atoms with E-state index in [-0.39, 0.29) is 46.8 Å². The standard InChI is InChI=1S/C28H31NO11.ClH/c1-10-22(31)13(29)8-16(39-10)40-15-9-28(36,11(2)30)27(38-4)21-18(15)25(34)20-19(26(21)35)23(32)12-6-5-7-14(37-3)17(12)24(20)33;/h5-7,10,13,15-16,22,27,31,34-36H,8-9,29H2,1-4H3;1H. The van der Waals surface area contributed by atoms with Crippen LogP contribution in [0, 0.1) is 0 Å². The van der Waals surface area contributed by atoms with Gasteiger partial charge in [0.05, 0.1) is 42.1 Å². The molecule has 2 aromatic rings. The van der Waals surface area contributed by atoms with Crippen molar-refractivity contribution in [3.05, 3.63) is 51.6 Å². The largest absolute Gasteiger partial charge is 0.507 e. The van der Waals surface area contributed by atoms with Gasteiger partial charge in [0.15, 0.2) is 23.5 Å². The minimum Gasteiger partial charge on any atom is -0.507 e. The summed E-state index contributed by atoms with van der Waals surface area (Å²) in [6.07, 6.45) is -6.00. The van der Waals surface area contributed by atoms with Crippen LogP contribution in [-0.4, -0.2) is 82.1 Å². The second-order valence-corrected chi connectivity index (χ2v) is 10.4. The van der Waals surface area contributed by atoms with Crippen molar-refractivity contribution in [3.8, 4) is 17.2 Å². The van der Waals surface area contributed by atoms with Gasteiger partial charge in [-0.25, -0.2) is 0 Å². The number of aliphatic hydroxyl groups is 2. The van der Waals surface area contributed by atoms with Gasteiger partial charge < -0.3 is 45.1 Å². The Labute approximate surface area is 241 Å². The Morgan fingerprint density at radius 3 is 2.29 bits per heavy atom. The number of nitrogens with two attached hydrogens (primary N) is 1. The number of aromatic hydroxyl groups is 2. The highest BCUT2D eigenvalue weighted by molar-refractivity contribution is 6.31. The van der Waals surface area contributed by atoms with Gasteiger partial charge in [0, 0.05) is 42.7 Å². The number of fused-ring (bicyclic) bond motifs is 3. The quantitative estimate of drug-likeness (QED) is 0.268. The molecule has 3 aliphatic rings. The third-order valence-electron chi connectivity index (χ3n) is 8.12. The van der Waals surface area contributed by atoms with E-state index in [1.54, 1.807) is 6.92 Å². The van der Waals surface area contributed by atoms with Crippen LogP contribution in [0.15, 0.2) is 18.2 Å². The number of ketones is 3. The number of benzene rings is 2. The third kappa shape index (κ3) is 4.50. The molecule has 2 aliphatic carbocycles. The van der Waals surface area contributed by atoms with E-state index in [2.05, 4.69) is 0 Å². The van der Waals surface area contributed by atoms with Crippen molar-refractivity contribution in [1.82, 2.24) is 0 Å². The van der Waals surface area contributed by atoms with Crippen LogP contribution in [0.5, 0.6) is 17.2 Å². The number of ether oxygens (including phenoxy) is 4. The van der Waals surface area contributed by atoms with Crippen molar-refractivity contribution in [2.75, 3.05) is 14.2 Å². The first kappa shape index (κ1) is 30.8. The lowest BCUT2D eigenvalue weighted by atomic mass is 9.70. The monoisotopic (exact) mass is 593 g/mol. The molecule has 2 aromatic carbocycles. The summed E-state index contributed by atoms with van der Waals surface area (Å²) in [6, 6.07) is 3.67. The van der Waals surface area contributed by atoms with E-state index >= 15 is 0 Å². The zero-order valence-electron chi connectivity index (χ0n) is 22.7. The highest BCUT2D eigenvalue weighted by Gasteiger charge is 2.55. The van der Waals surface area contributed by atoms with Gasteiger partial charge in [-0.15, -0.1) is 12.4 Å². The lowest BCUT2D eigenvalue weighted by molar-refractivity contribution is -0.251. The molecule has 0 radical (unpaired) electrons. The SMILES string of the molecule is COc1cccc2c1C(=O)c1c(O)c3c(c(O)c1C2=O)C(OC)C(O)(C(C)=O)CC3OC1CC(N)C(O)C(C)O1.Cl. The van der Waals surface area contributed by atoms with Crippen molar-refractivity contribution >= 4 is 29.8 Å². The molecule has 1 saturated heterocycles. The average Bonchev–Trinajstić information content (AvgIpc) is 2.91. The number of carbonyl (C=O) groups is 3. The molecular weight excluding hydrogens is 562 g/mol. The molecule has 7 unspecified atom stereocenters. The summed E-state index contributed by atoms with van der Waals surface area (Å²) in [5.74, 6) is -3.58. The first-order chi connectivity index (χ1) is 18.9. The number of hydrogen-bond donors (Lipinski definition) is 5. The third-order valence-corrected chi connectivity index (χ3v) is 8.12. The summed E-state index contributed by atoms with van der Waals surface area (Å²) >= 11 is 0. The fraction of sp³-hybridized carbons (Fsp3) is 0.464. The maximum atomic E-state index is 13.7. The number of Topliss-reactive ketones (excluding diaryl/α,β-unsaturated/α-hetero) is 1. The Morgan fingerprint density at radius 2 is 1.71 bits per heavy atom. The van der Waals surface area contributed by atoms with Gasteiger partial charge in [-0.3, -0.25) is 14.4 Å². The van der Waals surface area contributed by atoms with Crippen LogP contribution < -0.4 is 10.5 Å². The Morgan fingerprint density at radius 1 is 1.07 bits per heavy atom. The Balaban J connectivity index is 0.00000387.